The van der Waals surface area contributed by atoms with Crippen LogP contribution >= 0.6 is 0 Å². The van der Waals surface area contributed by atoms with Crippen molar-refractivity contribution < 1.29 is 14.6 Å². The quantitative estimate of drug-likeness (QED) is 0.499. The minimum Gasteiger partial charge on any atom is -0.494 e. The third-order valence-electron chi connectivity index (χ3n) is 5.13. The van der Waals surface area contributed by atoms with Gasteiger partial charge in [-0.2, -0.15) is 10.1 Å². The molecule has 3 N–H and O–H groups in total. The van der Waals surface area contributed by atoms with E-state index in [1.54, 1.807) is 29.2 Å². The molecule has 4 rings (SSSR count). The van der Waals surface area contributed by atoms with Crippen molar-refractivity contribution in [3.05, 3.63) is 71.4 Å². The van der Waals surface area contributed by atoms with Gasteiger partial charge in [-0.15, -0.1) is 0 Å². The molecule has 166 valence electrons. The van der Waals surface area contributed by atoms with Gasteiger partial charge in [0.25, 0.3) is 5.91 Å². The standard InChI is InChI=1S/C23H26N6O3/c1-3-32-18-10-8-16(9-11-18)21-20(22(31)26-17-6-4-12-24-14-17)15(2)25-23-27-19(7-5-13-30)28-29(21)23/h4,6,8-12,14,21,30H,3,5,7,13H2,1-2H3,(H,26,31)(H,25,27,28). The van der Waals surface area contributed by atoms with Crippen LogP contribution in [-0.4, -0.2) is 44.0 Å². The number of nitrogens with one attached hydrogen (secondary N) is 2. The molecule has 1 atom stereocenters. The average molecular weight is 435 g/mol. The molecule has 2 aromatic heterocycles. The van der Waals surface area contributed by atoms with Crippen LogP contribution in [0.15, 0.2) is 60.1 Å². The molecule has 1 aromatic carbocycles. The SMILES string of the molecule is CCOc1ccc(C2C(C(=O)Nc3cccnc3)=C(C)Nc3nc(CCCO)nn32)cc1. The summed E-state index contributed by atoms with van der Waals surface area (Å²) in [6.45, 7) is 4.43. The highest BCUT2D eigenvalue weighted by Crippen LogP contribution is 2.36. The summed E-state index contributed by atoms with van der Waals surface area (Å²) in [6, 6.07) is 10.7. The lowest BCUT2D eigenvalue weighted by Crippen LogP contribution is -2.31. The Morgan fingerprint density at radius 3 is 2.78 bits per heavy atom. The van der Waals surface area contributed by atoms with Gasteiger partial charge in [0, 0.05) is 24.9 Å². The first kappa shape index (κ1) is 21.5. The molecule has 0 bridgehead atoms. The molecule has 1 aliphatic heterocycles. The molecular formula is C23H26N6O3. The fourth-order valence-corrected chi connectivity index (χ4v) is 3.69. The van der Waals surface area contributed by atoms with Crippen molar-refractivity contribution in [2.45, 2.75) is 32.7 Å². The van der Waals surface area contributed by atoms with Gasteiger partial charge in [-0.25, -0.2) is 4.68 Å². The van der Waals surface area contributed by atoms with Gasteiger partial charge >= 0.3 is 0 Å². The van der Waals surface area contributed by atoms with Gasteiger partial charge in [0.05, 0.1) is 24.1 Å². The van der Waals surface area contributed by atoms with Gasteiger partial charge in [0.1, 0.15) is 11.8 Å². The second-order valence-electron chi connectivity index (χ2n) is 7.39. The number of hydrogen-bond donors (Lipinski definition) is 3. The monoisotopic (exact) mass is 434 g/mol. The molecule has 1 amide bonds. The maximum atomic E-state index is 13.4. The molecule has 3 heterocycles. The number of rotatable bonds is 8. The first-order chi connectivity index (χ1) is 15.6. The number of ether oxygens (including phenoxy) is 1. The summed E-state index contributed by atoms with van der Waals surface area (Å²) < 4.78 is 7.30. The molecule has 0 fully saturated rings. The molecule has 9 heteroatoms. The first-order valence-electron chi connectivity index (χ1n) is 10.6. The van der Waals surface area contributed by atoms with E-state index in [1.165, 1.54) is 0 Å². The zero-order valence-corrected chi connectivity index (χ0v) is 18.1. The normalized spacial score (nSPS) is 15.2. The Hall–Kier alpha value is -3.72. The second-order valence-corrected chi connectivity index (χ2v) is 7.39. The van der Waals surface area contributed by atoms with E-state index >= 15 is 0 Å². The maximum Gasteiger partial charge on any atom is 0.255 e. The molecule has 0 saturated heterocycles. The Bertz CT molecular complexity index is 1110. The van der Waals surface area contributed by atoms with Gasteiger partial charge in [-0.1, -0.05) is 12.1 Å². The molecule has 0 aliphatic carbocycles. The smallest absolute Gasteiger partial charge is 0.255 e. The number of carbonyl (C=O) groups is 1. The van der Waals surface area contributed by atoms with Crippen LogP contribution in [0, 0.1) is 0 Å². The van der Waals surface area contributed by atoms with Gasteiger partial charge in [-0.05, 0) is 50.1 Å². The van der Waals surface area contributed by atoms with Crippen molar-refractivity contribution in [1.82, 2.24) is 19.7 Å². The van der Waals surface area contributed by atoms with Gasteiger partial charge in [-0.3, -0.25) is 9.78 Å². The molecule has 32 heavy (non-hydrogen) atoms. The number of carbonyl (C=O) groups excluding carboxylic acids is 1. The van der Waals surface area contributed by atoms with Crippen LogP contribution in [0.1, 0.15) is 37.7 Å². The van der Waals surface area contributed by atoms with E-state index < -0.39 is 6.04 Å². The van der Waals surface area contributed by atoms with E-state index in [0.29, 0.717) is 48.2 Å². The highest BCUT2D eigenvalue weighted by atomic mass is 16.5. The number of allylic oxidation sites excluding steroid dienone is 1. The lowest BCUT2D eigenvalue weighted by molar-refractivity contribution is -0.113. The predicted molar refractivity (Wildman–Crippen MR) is 120 cm³/mol. The molecule has 1 aliphatic rings. The Balaban J connectivity index is 1.74. The number of anilines is 2. The lowest BCUT2D eigenvalue weighted by Gasteiger charge is -2.28. The number of hydrogen-bond acceptors (Lipinski definition) is 7. The van der Waals surface area contributed by atoms with Crippen molar-refractivity contribution in [1.29, 1.82) is 0 Å². The molecule has 9 nitrogen and oxygen atoms in total. The third kappa shape index (κ3) is 4.47. The lowest BCUT2D eigenvalue weighted by atomic mass is 9.95. The number of aryl methyl sites for hydroxylation is 1. The fourth-order valence-electron chi connectivity index (χ4n) is 3.69. The van der Waals surface area contributed by atoms with E-state index in [2.05, 4.69) is 25.7 Å². The number of nitrogens with zero attached hydrogens (tertiary/aromatic N) is 4. The van der Waals surface area contributed by atoms with Gasteiger partial charge < -0.3 is 20.5 Å². The number of amides is 1. The van der Waals surface area contributed by atoms with Crippen LogP contribution in [0.3, 0.4) is 0 Å². The third-order valence-corrected chi connectivity index (χ3v) is 5.13. The summed E-state index contributed by atoms with van der Waals surface area (Å²) in [4.78, 5) is 22.0. The van der Waals surface area contributed by atoms with Crippen LogP contribution < -0.4 is 15.4 Å². The minimum atomic E-state index is -0.478. The topological polar surface area (TPSA) is 114 Å². The van der Waals surface area contributed by atoms with Gasteiger partial charge in [0.2, 0.25) is 5.95 Å². The Morgan fingerprint density at radius 1 is 1.28 bits per heavy atom. The number of benzene rings is 1. The van der Waals surface area contributed by atoms with Crippen molar-refractivity contribution in [3.8, 4) is 5.75 Å². The molecule has 3 aromatic rings. The van der Waals surface area contributed by atoms with Crippen LogP contribution in [0.5, 0.6) is 5.75 Å². The van der Waals surface area contributed by atoms with E-state index in [4.69, 9.17) is 4.74 Å². The van der Waals surface area contributed by atoms with Crippen molar-refractivity contribution in [2.75, 3.05) is 23.8 Å². The summed E-state index contributed by atoms with van der Waals surface area (Å²) in [5.41, 5.74) is 2.71. The van der Waals surface area contributed by atoms with Crippen LogP contribution in [0.4, 0.5) is 11.6 Å². The molecule has 1 unspecified atom stereocenters. The Labute approximate surface area is 186 Å². The number of fused-ring (bicyclic) bond motifs is 1. The summed E-state index contributed by atoms with van der Waals surface area (Å²) in [5, 5.41) is 20.0. The first-order valence-corrected chi connectivity index (χ1v) is 10.6. The molecule has 0 radical (unpaired) electrons. The highest BCUT2D eigenvalue weighted by molar-refractivity contribution is 6.05. The van der Waals surface area contributed by atoms with Crippen molar-refractivity contribution >= 4 is 17.5 Å². The number of aliphatic hydroxyl groups is 1. The number of aromatic nitrogens is 4. The van der Waals surface area contributed by atoms with E-state index in [0.717, 1.165) is 11.3 Å². The van der Waals surface area contributed by atoms with E-state index in [1.807, 2.05) is 38.1 Å². The fraction of sp³-hybridized carbons (Fsp3) is 0.304. The maximum absolute atomic E-state index is 13.4. The van der Waals surface area contributed by atoms with E-state index in [9.17, 15) is 9.90 Å². The molecule has 0 saturated carbocycles. The van der Waals surface area contributed by atoms with Crippen molar-refractivity contribution in [3.63, 3.8) is 0 Å². The largest absolute Gasteiger partial charge is 0.494 e. The molecular weight excluding hydrogens is 408 g/mol. The number of pyridine rings is 1. The Kier molecular flexibility index (Phi) is 6.46. The summed E-state index contributed by atoms with van der Waals surface area (Å²) in [7, 11) is 0. The summed E-state index contributed by atoms with van der Waals surface area (Å²) >= 11 is 0. The highest BCUT2D eigenvalue weighted by Gasteiger charge is 2.34. The number of aliphatic hydroxyl groups excluding tert-OH is 1. The molecule has 0 spiro atoms. The summed E-state index contributed by atoms with van der Waals surface area (Å²) in [5.74, 6) is 1.68. The van der Waals surface area contributed by atoms with Crippen LogP contribution in [0.25, 0.3) is 0 Å². The summed E-state index contributed by atoms with van der Waals surface area (Å²) in [6.07, 6.45) is 4.37. The zero-order valence-electron chi connectivity index (χ0n) is 18.1. The van der Waals surface area contributed by atoms with E-state index in [-0.39, 0.29) is 12.5 Å². The zero-order chi connectivity index (χ0) is 22.5. The van der Waals surface area contributed by atoms with Crippen LogP contribution in [-0.2, 0) is 11.2 Å². The Morgan fingerprint density at radius 2 is 2.09 bits per heavy atom. The van der Waals surface area contributed by atoms with Gasteiger partial charge in [0.15, 0.2) is 5.82 Å². The van der Waals surface area contributed by atoms with Crippen molar-refractivity contribution in [2.24, 2.45) is 0 Å². The second kappa shape index (κ2) is 9.61. The van der Waals surface area contributed by atoms with Crippen LogP contribution in [0.2, 0.25) is 0 Å². The predicted octanol–water partition coefficient (Wildman–Crippen LogP) is 2.92. The average Bonchev–Trinajstić information content (AvgIpc) is 3.20. The minimum absolute atomic E-state index is 0.0651.